The van der Waals surface area contributed by atoms with Crippen molar-refractivity contribution in [3.63, 3.8) is 0 Å². The summed E-state index contributed by atoms with van der Waals surface area (Å²) in [6.45, 7) is 0.895. The van der Waals surface area contributed by atoms with Crippen LogP contribution in [0.3, 0.4) is 0 Å². The number of hydrogen-bond donors (Lipinski definition) is 2. The van der Waals surface area contributed by atoms with E-state index in [9.17, 15) is 34.2 Å². The molecule has 0 radical (unpaired) electrons. The van der Waals surface area contributed by atoms with Crippen LogP contribution in [0.15, 0.2) is 115 Å². The number of esters is 2. The lowest BCUT2D eigenvalue weighted by atomic mass is 9.88. The number of ketones is 3. The summed E-state index contributed by atoms with van der Waals surface area (Å²) in [6, 6.07) is 29.2. The Labute approximate surface area is 263 Å². The molecule has 0 saturated carbocycles. The van der Waals surface area contributed by atoms with Gasteiger partial charge in [-0.15, -0.1) is 0 Å². The average molecular weight is 615 g/mol. The van der Waals surface area contributed by atoms with E-state index >= 15 is 0 Å². The van der Waals surface area contributed by atoms with E-state index < -0.39 is 64.1 Å². The van der Waals surface area contributed by atoms with Crippen molar-refractivity contribution in [2.75, 3.05) is 0 Å². The molecule has 5 aromatic rings. The van der Waals surface area contributed by atoms with Gasteiger partial charge in [-0.3, -0.25) is 14.4 Å². The van der Waals surface area contributed by atoms with Crippen molar-refractivity contribution >= 4 is 29.3 Å². The zero-order valence-corrected chi connectivity index (χ0v) is 24.4. The van der Waals surface area contributed by atoms with Gasteiger partial charge >= 0.3 is 11.9 Å². The minimum atomic E-state index is -1.26. The van der Waals surface area contributed by atoms with Crippen molar-refractivity contribution in [3.05, 3.63) is 160 Å². The highest BCUT2D eigenvalue weighted by Gasteiger charge is 2.37. The summed E-state index contributed by atoms with van der Waals surface area (Å²) < 4.78 is 11.1. The fourth-order valence-corrected chi connectivity index (χ4v) is 4.84. The molecule has 46 heavy (non-hydrogen) atoms. The number of phenols is 2. The predicted molar refractivity (Wildman–Crippen MR) is 166 cm³/mol. The summed E-state index contributed by atoms with van der Waals surface area (Å²) in [4.78, 5) is 67.5. The van der Waals surface area contributed by atoms with E-state index in [2.05, 4.69) is 0 Å². The summed E-state index contributed by atoms with van der Waals surface area (Å²) in [5, 5.41) is 22.5. The smallest absolute Gasteiger partial charge is 0.343 e. The third-order valence-electron chi connectivity index (χ3n) is 7.09. The molecule has 0 aromatic heterocycles. The maximum Gasteiger partial charge on any atom is 0.343 e. The minimum absolute atomic E-state index is 0.0127. The minimum Gasteiger partial charge on any atom is -0.504 e. The van der Waals surface area contributed by atoms with Crippen LogP contribution in [0.5, 0.6) is 17.2 Å². The monoisotopic (exact) mass is 614 g/mol. The van der Waals surface area contributed by atoms with Crippen LogP contribution in [-0.4, -0.2) is 39.5 Å². The number of aromatic hydroxyl groups is 2. The van der Waals surface area contributed by atoms with Crippen LogP contribution in [0, 0.1) is 0 Å². The molecule has 0 fully saturated rings. The lowest BCUT2D eigenvalue weighted by molar-refractivity contribution is 0.0462. The summed E-state index contributed by atoms with van der Waals surface area (Å²) in [7, 11) is 0. The molecule has 0 aliphatic heterocycles. The molecule has 0 atom stereocenters. The highest BCUT2D eigenvalue weighted by molar-refractivity contribution is 6.24. The number of benzene rings is 5. The zero-order valence-electron chi connectivity index (χ0n) is 24.4. The van der Waals surface area contributed by atoms with E-state index in [-0.39, 0.29) is 28.0 Å². The maximum absolute atomic E-state index is 14.2. The van der Waals surface area contributed by atoms with Gasteiger partial charge in [0.05, 0.1) is 22.3 Å². The van der Waals surface area contributed by atoms with E-state index in [1.54, 1.807) is 78.9 Å². The summed E-state index contributed by atoms with van der Waals surface area (Å²) >= 11 is 0. The number of rotatable bonds is 10. The van der Waals surface area contributed by atoms with Gasteiger partial charge in [0.1, 0.15) is 6.61 Å². The Morgan fingerprint density at radius 3 is 1.57 bits per heavy atom. The summed E-state index contributed by atoms with van der Waals surface area (Å²) in [6.07, 6.45) is 0. The molecule has 0 unspecified atom stereocenters. The van der Waals surface area contributed by atoms with Crippen LogP contribution in [0.4, 0.5) is 0 Å². The van der Waals surface area contributed by atoms with Gasteiger partial charge in [0.2, 0.25) is 5.75 Å². The maximum atomic E-state index is 14.2. The summed E-state index contributed by atoms with van der Waals surface area (Å²) in [5.74, 6) is -7.47. The van der Waals surface area contributed by atoms with Crippen LogP contribution in [-0.2, 0) is 11.3 Å². The third-order valence-corrected chi connectivity index (χ3v) is 7.09. The number of phenolic OH excluding ortho intramolecular Hbond substituents is 2. The van der Waals surface area contributed by atoms with Crippen LogP contribution >= 0.6 is 0 Å². The third kappa shape index (κ3) is 6.29. The molecule has 0 aliphatic rings. The standard InChI is InChI=1S/C37H26O9/c1-22(38)27-20-12-11-19-26(27)21-45-37(44)28-29(31(39)23-13-5-2-6-14-23)33(41)34(42)35(46-36(43)25-17-9-4-10-18-25)30(28)32(40)24-15-7-3-8-16-24/h2-20,41-42H,21H2,1H3. The number of Topliss-reactive ketones (excluding diaryl/α,β-unsaturated/α-hetero) is 1. The lowest BCUT2D eigenvalue weighted by Gasteiger charge is -2.20. The SMILES string of the molecule is CC(=O)c1ccccc1COC(=O)c1c(C(=O)c2ccccc2)c(O)c(O)c(OC(=O)c2ccccc2)c1C(=O)c1ccccc1. The lowest BCUT2D eigenvalue weighted by Crippen LogP contribution is -2.21. The molecule has 9 heteroatoms. The molecule has 0 amide bonds. The van der Waals surface area contributed by atoms with Crippen molar-refractivity contribution in [1.29, 1.82) is 0 Å². The molecule has 0 aliphatic carbocycles. The highest BCUT2D eigenvalue weighted by Crippen LogP contribution is 2.46. The van der Waals surface area contributed by atoms with E-state index in [0.717, 1.165) is 0 Å². The molecular weight excluding hydrogens is 588 g/mol. The summed E-state index contributed by atoms with van der Waals surface area (Å²) in [5.41, 5.74) is -1.49. The van der Waals surface area contributed by atoms with Gasteiger partial charge in [-0.05, 0) is 19.1 Å². The largest absolute Gasteiger partial charge is 0.504 e. The molecule has 9 nitrogen and oxygen atoms in total. The second kappa shape index (κ2) is 13.5. The van der Waals surface area contributed by atoms with Crippen molar-refractivity contribution in [3.8, 4) is 17.2 Å². The van der Waals surface area contributed by atoms with Gasteiger partial charge in [0.15, 0.2) is 28.8 Å². The molecule has 0 bridgehead atoms. The topological polar surface area (TPSA) is 144 Å². The van der Waals surface area contributed by atoms with Crippen molar-refractivity contribution in [2.45, 2.75) is 13.5 Å². The first-order valence-corrected chi connectivity index (χ1v) is 14.0. The van der Waals surface area contributed by atoms with E-state index in [0.29, 0.717) is 5.56 Å². The van der Waals surface area contributed by atoms with Crippen LogP contribution in [0.1, 0.15) is 75.4 Å². The normalized spacial score (nSPS) is 10.5. The van der Waals surface area contributed by atoms with Gasteiger partial charge in [-0.1, -0.05) is 103 Å². The van der Waals surface area contributed by atoms with Gasteiger partial charge in [0.25, 0.3) is 0 Å². The Bertz CT molecular complexity index is 1970. The predicted octanol–water partition coefficient (Wildman–Crippen LogP) is 6.34. The van der Waals surface area contributed by atoms with Crippen LogP contribution < -0.4 is 4.74 Å². The van der Waals surface area contributed by atoms with E-state index in [1.165, 1.54) is 43.3 Å². The molecule has 5 rings (SSSR count). The number of carbonyl (C=O) groups is 5. The Morgan fingerprint density at radius 1 is 0.543 bits per heavy atom. The Morgan fingerprint density at radius 2 is 1.02 bits per heavy atom. The quantitative estimate of drug-likeness (QED) is 0.0797. The average Bonchev–Trinajstić information content (AvgIpc) is 3.09. The Kier molecular flexibility index (Phi) is 9.14. The fourth-order valence-electron chi connectivity index (χ4n) is 4.84. The first kappa shape index (κ1) is 31.1. The van der Waals surface area contributed by atoms with Gasteiger partial charge in [-0.25, -0.2) is 9.59 Å². The van der Waals surface area contributed by atoms with Crippen molar-refractivity contribution < 1.29 is 43.7 Å². The first-order chi connectivity index (χ1) is 22.2. The Balaban J connectivity index is 1.76. The van der Waals surface area contributed by atoms with Crippen LogP contribution in [0.2, 0.25) is 0 Å². The molecule has 0 heterocycles. The number of ether oxygens (including phenoxy) is 2. The molecule has 0 spiro atoms. The van der Waals surface area contributed by atoms with Crippen molar-refractivity contribution in [2.24, 2.45) is 0 Å². The van der Waals surface area contributed by atoms with E-state index in [1.807, 2.05) is 0 Å². The van der Waals surface area contributed by atoms with Crippen LogP contribution in [0.25, 0.3) is 0 Å². The number of hydrogen-bond acceptors (Lipinski definition) is 9. The van der Waals surface area contributed by atoms with Gasteiger partial charge in [-0.2, -0.15) is 0 Å². The zero-order chi connectivity index (χ0) is 32.8. The molecule has 228 valence electrons. The molecule has 5 aromatic carbocycles. The second-order valence-electron chi connectivity index (χ2n) is 10.1. The molecule has 2 N–H and O–H groups in total. The first-order valence-electron chi connectivity index (χ1n) is 14.0. The molecular formula is C37H26O9. The fraction of sp³-hybridized carbons (Fsp3) is 0.0541. The van der Waals surface area contributed by atoms with Gasteiger partial charge in [0, 0.05) is 22.3 Å². The Hall–Kier alpha value is -6.35. The number of carbonyl (C=O) groups excluding carboxylic acids is 5. The van der Waals surface area contributed by atoms with E-state index in [4.69, 9.17) is 9.47 Å². The van der Waals surface area contributed by atoms with Gasteiger partial charge < -0.3 is 19.7 Å². The highest BCUT2D eigenvalue weighted by atomic mass is 16.5. The second-order valence-corrected chi connectivity index (χ2v) is 10.1. The molecule has 0 saturated heterocycles. The van der Waals surface area contributed by atoms with Crippen molar-refractivity contribution in [1.82, 2.24) is 0 Å².